The fraction of sp³-hybridized carbons (Fsp3) is 0.636. The van der Waals surface area contributed by atoms with Crippen LogP contribution in [0.15, 0.2) is 24.8 Å². The van der Waals surface area contributed by atoms with Crippen LogP contribution in [0.2, 0.25) is 0 Å². The summed E-state index contributed by atoms with van der Waals surface area (Å²) in [5.41, 5.74) is 0. The van der Waals surface area contributed by atoms with E-state index in [4.69, 9.17) is 11.6 Å². The summed E-state index contributed by atoms with van der Waals surface area (Å²) in [6, 6.07) is 0. The van der Waals surface area contributed by atoms with Crippen LogP contribution in [0.3, 0.4) is 0 Å². The van der Waals surface area contributed by atoms with E-state index in [0.29, 0.717) is 5.92 Å². The Kier molecular flexibility index (Phi) is 7.28. The Hall–Kier alpha value is -0.230. The van der Waals surface area contributed by atoms with E-state index in [-0.39, 0.29) is 5.38 Å². The van der Waals surface area contributed by atoms with Crippen LogP contribution < -0.4 is 0 Å². The lowest BCUT2D eigenvalue weighted by molar-refractivity contribution is 0.593. The molecule has 0 aromatic rings. The Morgan fingerprint density at radius 1 is 1.42 bits per heavy atom. The molecule has 0 rings (SSSR count). The molecule has 0 aromatic heterocycles. The van der Waals surface area contributed by atoms with E-state index >= 15 is 0 Å². The van der Waals surface area contributed by atoms with Gasteiger partial charge in [0.2, 0.25) is 0 Å². The molecular formula is C11H19Cl. The lowest BCUT2D eigenvalue weighted by Crippen LogP contribution is -2.09. The molecule has 12 heavy (non-hydrogen) atoms. The van der Waals surface area contributed by atoms with Gasteiger partial charge in [0, 0.05) is 0 Å². The predicted octanol–water partition coefficient (Wildman–Crippen LogP) is 4.16. The van der Waals surface area contributed by atoms with E-state index in [2.05, 4.69) is 32.6 Å². The number of halogens is 1. The van der Waals surface area contributed by atoms with Gasteiger partial charge in [-0.15, -0.1) is 18.2 Å². The molecule has 2 unspecified atom stereocenters. The first kappa shape index (κ1) is 11.8. The van der Waals surface area contributed by atoms with Gasteiger partial charge in [0.05, 0.1) is 5.38 Å². The van der Waals surface area contributed by atoms with E-state index in [1.807, 2.05) is 6.08 Å². The maximum atomic E-state index is 6.08. The Morgan fingerprint density at radius 3 is 2.50 bits per heavy atom. The molecule has 0 aliphatic heterocycles. The van der Waals surface area contributed by atoms with Gasteiger partial charge in [-0.05, 0) is 18.8 Å². The van der Waals surface area contributed by atoms with Crippen LogP contribution in [0, 0.1) is 5.92 Å². The third-order valence-electron chi connectivity index (χ3n) is 1.88. The van der Waals surface area contributed by atoms with Gasteiger partial charge >= 0.3 is 0 Å². The molecule has 0 aromatic carbocycles. The zero-order chi connectivity index (χ0) is 9.40. The summed E-state index contributed by atoms with van der Waals surface area (Å²) in [7, 11) is 0. The van der Waals surface area contributed by atoms with E-state index in [1.165, 1.54) is 6.42 Å². The van der Waals surface area contributed by atoms with Crippen LogP contribution in [0.25, 0.3) is 0 Å². The first-order valence-corrected chi connectivity index (χ1v) is 5.13. The molecule has 0 amide bonds. The van der Waals surface area contributed by atoms with Gasteiger partial charge in [0.25, 0.3) is 0 Å². The number of allylic oxidation sites excluding steroid dienone is 3. The summed E-state index contributed by atoms with van der Waals surface area (Å²) in [6.07, 6.45) is 9.62. The summed E-state index contributed by atoms with van der Waals surface area (Å²) in [5.74, 6) is 0.467. The summed E-state index contributed by atoms with van der Waals surface area (Å²) < 4.78 is 0. The molecule has 0 N–H and O–H groups in total. The van der Waals surface area contributed by atoms with Crippen molar-refractivity contribution in [1.82, 2.24) is 0 Å². The second-order valence-electron chi connectivity index (χ2n) is 2.97. The van der Waals surface area contributed by atoms with Crippen molar-refractivity contribution >= 4 is 11.6 Å². The van der Waals surface area contributed by atoms with Gasteiger partial charge < -0.3 is 0 Å². The minimum atomic E-state index is 0.0905. The quantitative estimate of drug-likeness (QED) is 0.432. The molecule has 0 saturated heterocycles. The molecule has 70 valence electrons. The predicted molar refractivity (Wildman–Crippen MR) is 57.7 cm³/mol. The molecule has 2 atom stereocenters. The van der Waals surface area contributed by atoms with Crippen molar-refractivity contribution in [2.75, 3.05) is 0 Å². The van der Waals surface area contributed by atoms with Gasteiger partial charge in [0.15, 0.2) is 0 Å². The molecule has 0 bridgehead atoms. The summed E-state index contributed by atoms with van der Waals surface area (Å²) in [6.45, 7) is 8.02. The lowest BCUT2D eigenvalue weighted by Gasteiger charge is -2.14. The smallest absolute Gasteiger partial charge is 0.0576 e. The van der Waals surface area contributed by atoms with Crippen molar-refractivity contribution in [3.05, 3.63) is 24.8 Å². The summed E-state index contributed by atoms with van der Waals surface area (Å²) in [4.78, 5) is 0. The van der Waals surface area contributed by atoms with Crippen LogP contribution in [0.1, 0.15) is 33.1 Å². The molecule has 0 aliphatic rings. The Bertz CT molecular complexity index is 138. The maximum Gasteiger partial charge on any atom is 0.0576 e. The molecular weight excluding hydrogens is 168 g/mol. The largest absolute Gasteiger partial charge is 0.118 e. The highest BCUT2D eigenvalue weighted by Crippen LogP contribution is 2.19. The summed E-state index contributed by atoms with van der Waals surface area (Å²) >= 11 is 6.08. The molecule has 0 nitrogen and oxygen atoms in total. The van der Waals surface area contributed by atoms with Crippen LogP contribution in [-0.2, 0) is 0 Å². The van der Waals surface area contributed by atoms with Crippen LogP contribution in [0.5, 0.6) is 0 Å². The fourth-order valence-corrected chi connectivity index (χ4v) is 1.39. The van der Waals surface area contributed by atoms with Crippen molar-refractivity contribution < 1.29 is 0 Å². The van der Waals surface area contributed by atoms with E-state index in [9.17, 15) is 0 Å². The van der Waals surface area contributed by atoms with Crippen LogP contribution in [0.4, 0.5) is 0 Å². The van der Waals surface area contributed by atoms with E-state index in [0.717, 1.165) is 12.8 Å². The topological polar surface area (TPSA) is 0 Å². The normalized spacial score (nSPS) is 16.2. The van der Waals surface area contributed by atoms with Crippen molar-refractivity contribution in [2.24, 2.45) is 5.92 Å². The Balaban J connectivity index is 4.01. The molecule has 0 saturated carbocycles. The van der Waals surface area contributed by atoms with Gasteiger partial charge in [0.1, 0.15) is 0 Å². The van der Waals surface area contributed by atoms with Crippen LogP contribution in [-0.4, -0.2) is 5.38 Å². The zero-order valence-electron chi connectivity index (χ0n) is 8.09. The van der Waals surface area contributed by atoms with Gasteiger partial charge in [-0.3, -0.25) is 0 Å². The Morgan fingerprint density at radius 2 is 2.08 bits per heavy atom. The first-order valence-electron chi connectivity index (χ1n) is 4.69. The highest BCUT2D eigenvalue weighted by molar-refractivity contribution is 6.22. The van der Waals surface area contributed by atoms with Gasteiger partial charge in [-0.2, -0.15) is 0 Å². The van der Waals surface area contributed by atoms with Gasteiger partial charge in [-0.25, -0.2) is 0 Å². The highest BCUT2D eigenvalue weighted by Gasteiger charge is 2.11. The molecule has 0 heterocycles. The van der Waals surface area contributed by atoms with E-state index < -0.39 is 0 Å². The monoisotopic (exact) mass is 186 g/mol. The second-order valence-corrected chi connectivity index (χ2v) is 3.47. The van der Waals surface area contributed by atoms with Crippen molar-refractivity contribution in [3.8, 4) is 0 Å². The fourth-order valence-electron chi connectivity index (χ4n) is 1.18. The average Bonchev–Trinajstić information content (AvgIpc) is 2.11. The van der Waals surface area contributed by atoms with Crippen LogP contribution >= 0.6 is 11.6 Å². The van der Waals surface area contributed by atoms with Crippen molar-refractivity contribution in [1.29, 1.82) is 0 Å². The van der Waals surface area contributed by atoms with E-state index in [1.54, 1.807) is 0 Å². The minimum Gasteiger partial charge on any atom is -0.118 e. The standard InChI is InChI=1S/C11H19Cl/c1-4-7-9-10(8-5-2)11(12)6-3/h6-7,9-11H,3-5,8H2,1-2H3/b9-7-. The number of rotatable bonds is 6. The zero-order valence-corrected chi connectivity index (χ0v) is 8.85. The van der Waals surface area contributed by atoms with Gasteiger partial charge in [-0.1, -0.05) is 38.5 Å². The average molecular weight is 187 g/mol. The number of hydrogen-bond donors (Lipinski definition) is 0. The Labute approximate surface area is 81.3 Å². The SMILES string of the molecule is C=CC(Cl)C(/C=C\CC)CCC. The number of alkyl halides is 1. The number of hydrogen-bond acceptors (Lipinski definition) is 0. The first-order chi connectivity index (χ1) is 5.76. The maximum absolute atomic E-state index is 6.08. The molecule has 0 aliphatic carbocycles. The molecule has 0 fully saturated rings. The van der Waals surface area contributed by atoms with Crippen molar-refractivity contribution in [3.63, 3.8) is 0 Å². The third-order valence-corrected chi connectivity index (χ3v) is 2.38. The minimum absolute atomic E-state index is 0.0905. The summed E-state index contributed by atoms with van der Waals surface area (Å²) in [5, 5.41) is 0.0905. The molecule has 0 spiro atoms. The third kappa shape index (κ3) is 4.61. The molecule has 0 radical (unpaired) electrons. The van der Waals surface area contributed by atoms with Crippen molar-refractivity contribution in [2.45, 2.75) is 38.5 Å². The second kappa shape index (κ2) is 7.42. The molecule has 1 heteroatoms. The lowest BCUT2D eigenvalue weighted by atomic mass is 9.98. The highest BCUT2D eigenvalue weighted by atomic mass is 35.5.